The maximum Gasteiger partial charge on any atom is 0.416 e. The lowest BCUT2D eigenvalue weighted by atomic mass is 9.94. The molecule has 1 unspecified atom stereocenters. The molecule has 1 aliphatic heterocycles. The smallest absolute Gasteiger partial charge is 0.416 e. The second-order valence-electron chi connectivity index (χ2n) is 7.63. The summed E-state index contributed by atoms with van der Waals surface area (Å²) in [6.07, 6.45) is -4.56. The Kier molecular flexibility index (Phi) is 5.53. The van der Waals surface area contributed by atoms with E-state index in [1.807, 2.05) is 0 Å². The third kappa shape index (κ3) is 4.11. The molecule has 0 bridgehead atoms. The fraction of sp³-hybridized carbons (Fsp3) is 0.120. The van der Waals surface area contributed by atoms with Crippen LogP contribution in [0.5, 0.6) is 0 Å². The lowest BCUT2D eigenvalue weighted by Gasteiger charge is -2.26. The van der Waals surface area contributed by atoms with Crippen LogP contribution < -0.4 is 4.90 Å². The lowest BCUT2D eigenvalue weighted by Crippen LogP contribution is -2.29. The number of hydrogen-bond acceptors (Lipinski definition) is 3. The Bertz CT molecular complexity index is 1260. The predicted octanol–water partition coefficient (Wildman–Crippen LogP) is 5.78. The third-order valence-electron chi connectivity index (χ3n) is 5.39. The van der Waals surface area contributed by atoms with Crippen molar-refractivity contribution >= 4 is 23.1 Å². The minimum absolute atomic E-state index is 0.0646. The van der Waals surface area contributed by atoms with Crippen molar-refractivity contribution in [1.29, 1.82) is 0 Å². The topological polar surface area (TPSA) is 57.6 Å². The van der Waals surface area contributed by atoms with Gasteiger partial charge in [0, 0.05) is 11.3 Å². The molecule has 1 amide bonds. The van der Waals surface area contributed by atoms with Gasteiger partial charge in [-0.3, -0.25) is 14.5 Å². The van der Waals surface area contributed by atoms with Crippen molar-refractivity contribution in [2.45, 2.75) is 19.1 Å². The average Bonchev–Trinajstić information content (AvgIpc) is 3.04. The molecule has 0 aliphatic carbocycles. The molecule has 8 heteroatoms. The van der Waals surface area contributed by atoms with E-state index in [4.69, 9.17) is 0 Å². The van der Waals surface area contributed by atoms with Crippen LogP contribution in [0.15, 0.2) is 78.4 Å². The molecule has 1 fully saturated rings. The number of aryl methyl sites for hydroxylation is 1. The van der Waals surface area contributed by atoms with Crippen LogP contribution in [0.1, 0.15) is 28.3 Å². The molecule has 0 radical (unpaired) electrons. The second-order valence-corrected chi connectivity index (χ2v) is 7.63. The van der Waals surface area contributed by atoms with Gasteiger partial charge in [-0.25, -0.2) is 4.39 Å². The van der Waals surface area contributed by atoms with E-state index < -0.39 is 41.0 Å². The molecule has 1 saturated heterocycles. The van der Waals surface area contributed by atoms with Gasteiger partial charge in [0.15, 0.2) is 0 Å². The zero-order chi connectivity index (χ0) is 23.9. The predicted molar refractivity (Wildman–Crippen MR) is 114 cm³/mol. The Morgan fingerprint density at radius 3 is 2.15 bits per heavy atom. The Morgan fingerprint density at radius 1 is 0.939 bits per heavy atom. The van der Waals surface area contributed by atoms with Gasteiger partial charge in [-0.1, -0.05) is 29.8 Å². The molecule has 0 saturated carbocycles. The van der Waals surface area contributed by atoms with Gasteiger partial charge in [0.1, 0.15) is 11.6 Å². The molecule has 1 atom stereocenters. The fourth-order valence-electron chi connectivity index (χ4n) is 3.83. The summed E-state index contributed by atoms with van der Waals surface area (Å²) in [5, 5.41) is 10.9. The van der Waals surface area contributed by atoms with Gasteiger partial charge in [0.25, 0.3) is 11.7 Å². The van der Waals surface area contributed by atoms with Gasteiger partial charge in [-0.2, -0.15) is 13.2 Å². The molecule has 0 spiro atoms. The van der Waals surface area contributed by atoms with E-state index in [-0.39, 0.29) is 16.8 Å². The molecule has 4 rings (SSSR count). The average molecular weight is 455 g/mol. The number of rotatable bonds is 3. The van der Waals surface area contributed by atoms with E-state index in [9.17, 15) is 32.3 Å². The first kappa shape index (κ1) is 22.3. The molecule has 4 nitrogen and oxygen atoms in total. The minimum Gasteiger partial charge on any atom is -0.507 e. The maximum absolute atomic E-state index is 13.3. The number of carbonyl (C=O) groups excluding carboxylic acids is 2. The molecule has 3 aromatic rings. The summed E-state index contributed by atoms with van der Waals surface area (Å²) in [6.45, 7) is 1.80. The van der Waals surface area contributed by atoms with Gasteiger partial charge >= 0.3 is 6.18 Å². The standard InChI is InChI=1S/C25H17F4NO3/c1-14-3-2-4-16(13-14)21-20(22(31)15-5-9-18(26)10-6-15)23(32)24(33)30(21)19-11-7-17(8-12-19)25(27,28)29/h2-13,21,31H,1H3/b22-20+. The highest BCUT2D eigenvalue weighted by Crippen LogP contribution is 2.43. The summed E-state index contributed by atoms with van der Waals surface area (Å²) in [7, 11) is 0. The molecule has 33 heavy (non-hydrogen) atoms. The number of anilines is 1. The summed E-state index contributed by atoms with van der Waals surface area (Å²) in [6, 6.07) is 14.4. The van der Waals surface area contributed by atoms with E-state index in [0.717, 1.165) is 46.9 Å². The normalized spacial score (nSPS) is 18.1. The SMILES string of the molecule is Cc1cccc(C2/C(=C(\O)c3ccc(F)cc3)C(=O)C(=O)N2c2ccc(C(F)(F)F)cc2)c1. The van der Waals surface area contributed by atoms with Crippen molar-refractivity contribution in [2.75, 3.05) is 4.90 Å². The van der Waals surface area contributed by atoms with Crippen LogP contribution in [0.3, 0.4) is 0 Å². The van der Waals surface area contributed by atoms with Crippen LogP contribution in [-0.4, -0.2) is 16.8 Å². The van der Waals surface area contributed by atoms with Crippen LogP contribution in [0.25, 0.3) is 5.76 Å². The van der Waals surface area contributed by atoms with E-state index in [1.165, 1.54) is 12.1 Å². The first-order valence-electron chi connectivity index (χ1n) is 9.88. The van der Waals surface area contributed by atoms with Crippen LogP contribution in [0, 0.1) is 12.7 Å². The highest BCUT2D eigenvalue weighted by atomic mass is 19.4. The molecular formula is C25H17F4NO3. The minimum atomic E-state index is -4.56. The quantitative estimate of drug-likeness (QED) is 0.236. The first-order chi connectivity index (χ1) is 15.6. The number of hydrogen-bond donors (Lipinski definition) is 1. The van der Waals surface area contributed by atoms with Gasteiger partial charge in [-0.05, 0) is 61.0 Å². The number of amides is 1. The first-order valence-corrected chi connectivity index (χ1v) is 9.88. The molecule has 0 aromatic heterocycles. The Morgan fingerprint density at radius 2 is 1.58 bits per heavy atom. The van der Waals surface area contributed by atoms with E-state index >= 15 is 0 Å². The summed E-state index contributed by atoms with van der Waals surface area (Å²) >= 11 is 0. The molecule has 3 aromatic carbocycles. The van der Waals surface area contributed by atoms with Crippen molar-refractivity contribution in [3.05, 3.63) is 106 Å². The highest BCUT2D eigenvalue weighted by Gasteiger charge is 2.47. The Hall–Kier alpha value is -3.94. The van der Waals surface area contributed by atoms with Crippen LogP contribution >= 0.6 is 0 Å². The van der Waals surface area contributed by atoms with Gasteiger partial charge < -0.3 is 5.11 Å². The molecule has 1 heterocycles. The molecule has 1 N–H and O–H groups in total. The fourth-order valence-corrected chi connectivity index (χ4v) is 3.83. The summed E-state index contributed by atoms with van der Waals surface area (Å²) in [5.41, 5.74) is 0.345. The number of nitrogens with zero attached hydrogens (tertiary/aromatic N) is 1. The Balaban J connectivity index is 1.91. The van der Waals surface area contributed by atoms with Gasteiger partial charge in [0.2, 0.25) is 0 Å². The zero-order valence-electron chi connectivity index (χ0n) is 17.2. The van der Waals surface area contributed by atoms with Crippen LogP contribution in [-0.2, 0) is 15.8 Å². The number of carbonyl (C=O) groups is 2. The summed E-state index contributed by atoms with van der Waals surface area (Å²) in [4.78, 5) is 27.1. The van der Waals surface area contributed by atoms with Crippen molar-refractivity contribution in [3.8, 4) is 0 Å². The lowest BCUT2D eigenvalue weighted by molar-refractivity contribution is -0.137. The molecule has 1 aliphatic rings. The van der Waals surface area contributed by atoms with E-state index in [0.29, 0.717) is 5.56 Å². The van der Waals surface area contributed by atoms with E-state index in [2.05, 4.69) is 0 Å². The maximum atomic E-state index is 13.3. The third-order valence-corrected chi connectivity index (χ3v) is 5.39. The van der Waals surface area contributed by atoms with Crippen molar-refractivity contribution < 1.29 is 32.3 Å². The van der Waals surface area contributed by atoms with Gasteiger partial charge in [0.05, 0.1) is 17.2 Å². The molecule has 168 valence electrons. The van der Waals surface area contributed by atoms with E-state index in [1.54, 1.807) is 31.2 Å². The van der Waals surface area contributed by atoms with Crippen molar-refractivity contribution in [1.82, 2.24) is 0 Å². The number of halogens is 4. The number of ketones is 1. The second kappa shape index (κ2) is 8.20. The number of aliphatic hydroxyl groups excluding tert-OH is 1. The number of benzene rings is 3. The number of alkyl halides is 3. The zero-order valence-corrected chi connectivity index (χ0v) is 17.2. The van der Waals surface area contributed by atoms with Crippen LogP contribution in [0.4, 0.5) is 23.2 Å². The van der Waals surface area contributed by atoms with Crippen LogP contribution in [0.2, 0.25) is 0 Å². The largest absolute Gasteiger partial charge is 0.507 e. The Labute approximate surface area is 186 Å². The highest BCUT2D eigenvalue weighted by molar-refractivity contribution is 6.51. The van der Waals surface area contributed by atoms with Crippen molar-refractivity contribution in [2.24, 2.45) is 0 Å². The monoisotopic (exact) mass is 455 g/mol. The van der Waals surface area contributed by atoms with Crippen molar-refractivity contribution in [3.63, 3.8) is 0 Å². The van der Waals surface area contributed by atoms with Gasteiger partial charge in [-0.15, -0.1) is 0 Å². The number of Topliss-reactive ketones (excluding diaryl/α,β-unsaturated/α-hetero) is 1. The number of aliphatic hydroxyl groups is 1. The molecular weight excluding hydrogens is 438 g/mol. The summed E-state index contributed by atoms with van der Waals surface area (Å²) < 4.78 is 52.4. The summed E-state index contributed by atoms with van der Waals surface area (Å²) in [5.74, 6) is -3.05.